The Hall–Kier alpha value is -3.72. The highest BCUT2D eigenvalue weighted by Crippen LogP contribution is 2.23. The Labute approximate surface area is 213 Å². The number of nitrogens with one attached hydrogen (secondary N) is 1. The molecule has 1 aliphatic heterocycles. The second-order valence-electron chi connectivity index (χ2n) is 10.1. The van der Waals surface area contributed by atoms with E-state index in [4.69, 9.17) is 4.74 Å². The second kappa shape index (κ2) is 10.9. The summed E-state index contributed by atoms with van der Waals surface area (Å²) in [6.45, 7) is 10.2. The summed E-state index contributed by atoms with van der Waals surface area (Å²) in [5.74, 6) is 1.41. The number of piperazine rings is 1. The molecular weight excluding hydrogens is 454 g/mol. The van der Waals surface area contributed by atoms with E-state index in [1.54, 1.807) is 18.3 Å². The van der Waals surface area contributed by atoms with E-state index >= 15 is 0 Å². The summed E-state index contributed by atoms with van der Waals surface area (Å²) in [5, 5.41) is 3.27. The molecule has 36 heavy (non-hydrogen) atoms. The van der Waals surface area contributed by atoms with Crippen molar-refractivity contribution in [1.82, 2.24) is 24.8 Å². The number of benzene rings is 1. The van der Waals surface area contributed by atoms with Crippen LogP contribution in [0.5, 0.6) is 0 Å². The van der Waals surface area contributed by atoms with Crippen LogP contribution in [-0.2, 0) is 11.3 Å². The van der Waals surface area contributed by atoms with Crippen LogP contribution in [0.4, 0.5) is 22.1 Å². The van der Waals surface area contributed by atoms with Gasteiger partial charge in [-0.1, -0.05) is 24.3 Å². The van der Waals surface area contributed by atoms with Gasteiger partial charge in [-0.2, -0.15) is 0 Å². The SMILES string of the molecule is CN1CCN(c2ccc(Nc3cc(-c4ccc(CN(C)C(=O)OC(C)(C)C)cc4)ncn3)nc2)CC1. The molecule has 9 nitrogen and oxygen atoms in total. The van der Waals surface area contributed by atoms with Crippen molar-refractivity contribution in [3.8, 4) is 11.3 Å². The first kappa shape index (κ1) is 25.4. The number of hydrogen-bond donors (Lipinski definition) is 1. The molecule has 0 atom stereocenters. The number of likely N-dealkylation sites (N-methyl/N-ethyl adjacent to an activating group) is 1. The second-order valence-corrected chi connectivity index (χ2v) is 10.1. The lowest BCUT2D eigenvalue weighted by Crippen LogP contribution is -2.44. The van der Waals surface area contributed by atoms with Gasteiger partial charge in [0.25, 0.3) is 0 Å². The molecule has 1 aliphatic rings. The third-order valence-corrected chi connectivity index (χ3v) is 5.91. The summed E-state index contributed by atoms with van der Waals surface area (Å²) in [5.41, 5.74) is 3.38. The summed E-state index contributed by atoms with van der Waals surface area (Å²) in [6, 6.07) is 13.9. The smallest absolute Gasteiger partial charge is 0.410 e. The summed E-state index contributed by atoms with van der Waals surface area (Å²) in [6.07, 6.45) is 3.10. The Kier molecular flexibility index (Phi) is 7.69. The largest absolute Gasteiger partial charge is 0.444 e. The number of anilines is 3. The Morgan fingerprint density at radius 1 is 1.00 bits per heavy atom. The molecular formula is C27H35N7O2. The van der Waals surface area contributed by atoms with E-state index in [-0.39, 0.29) is 6.09 Å². The predicted molar refractivity (Wildman–Crippen MR) is 142 cm³/mol. The molecule has 0 saturated carbocycles. The molecule has 4 rings (SSSR count). The van der Waals surface area contributed by atoms with Crippen molar-refractivity contribution < 1.29 is 9.53 Å². The van der Waals surface area contributed by atoms with Crippen molar-refractivity contribution in [2.45, 2.75) is 32.9 Å². The van der Waals surface area contributed by atoms with Gasteiger partial charge in [0.15, 0.2) is 0 Å². The van der Waals surface area contributed by atoms with Crippen LogP contribution in [0, 0.1) is 0 Å². The lowest BCUT2D eigenvalue weighted by molar-refractivity contribution is 0.0285. The van der Waals surface area contributed by atoms with Gasteiger partial charge in [0.2, 0.25) is 0 Å². The number of carbonyl (C=O) groups excluding carboxylic acids is 1. The van der Waals surface area contributed by atoms with Crippen LogP contribution in [-0.4, -0.2) is 76.7 Å². The van der Waals surface area contributed by atoms with Gasteiger partial charge in [-0.15, -0.1) is 0 Å². The zero-order valence-corrected chi connectivity index (χ0v) is 21.7. The van der Waals surface area contributed by atoms with E-state index in [1.165, 1.54) is 0 Å². The van der Waals surface area contributed by atoms with Crippen LogP contribution in [0.1, 0.15) is 26.3 Å². The zero-order chi connectivity index (χ0) is 25.7. The molecule has 1 saturated heterocycles. The van der Waals surface area contributed by atoms with Gasteiger partial charge in [0.1, 0.15) is 23.6 Å². The highest BCUT2D eigenvalue weighted by molar-refractivity contribution is 5.68. The van der Waals surface area contributed by atoms with Gasteiger partial charge < -0.3 is 24.8 Å². The van der Waals surface area contributed by atoms with E-state index in [9.17, 15) is 4.79 Å². The molecule has 1 fully saturated rings. The van der Waals surface area contributed by atoms with Crippen molar-refractivity contribution in [1.29, 1.82) is 0 Å². The lowest BCUT2D eigenvalue weighted by atomic mass is 10.1. The van der Waals surface area contributed by atoms with Crippen LogP contribution in [0.15, 0.2) is 55.0 Å². The first-order chi connectivity index (χ1) is 17.2. The van der Waals surface area contributed by atoms with Crippen LogP contribution in [0.25, 0.3) is 11.3 Å². The topological polar surface area (TPSA) is 86.7 Å². The maximum Gasteiger partial charge on any atom is 0.410 e. The van der Waals surface area contributed by atoms with Crippen molar-refractivity contribution in [3.05, 3.63) is 60.6 Å². The first-order valence-corrected chi connectivity index (χ1v) is 12.2. The fourth-order valence-corrected chi connectivity index (χ4v) is 3.89. The number of rotatable bonds is 6. The molecule has 2 aromatic heterocycles. The van der Waals surface area contributed by atoms with Gasteiger partial charge in [-0.3, -0.25) is 0 Å². The maximum absolute atomic E-state index is 12.2. The van der Waals surface area contributed by atoms with E-state index in [0.29, 0.717) is 12.4 Å². The number of nitrogens with zero attached hydrogens (tertiary/aromatic N) is 6. The van der Waals surface area contributed by atoms with Gasteiger partial charge in [-0.05, 0) is 45.5 Å². The predicted octanol–water partition coefficient (Wildman–Crippen LogP) is 4.40. The molecule has 0 unspecified atom stereocenters. The number of hydrogen-bond acceptors (Lipinski definition) is 8. The van der Waals surface area contributed by atoms with Crippen molar-refractivity contribution in [3.63, 3.8) is 0 Å². The third kappa shape index (κ3) is 6.91. The van der Waals surface area contributed by atoms with E-state index in [2.05, 4.69) is 43.2 Å². The van der Waals surface area contributed by atoms with Gasteiger partial charge in [-0.25, -0.2) is 19.7 Å². The van der Waals surface area contributed by atoms with Crippen molar-refractivity contribution >= 4 is 23.4 Å². The number of carbonyl (C=O) groups is 1. The molecule has 190 valence electrons. The quantitative estimate of drug-likeness (QED) is 0.545. The standard InChI is InChI=1S/C27H35N7O2/c1-27(2,3)36-26(35)33(5)18-20-6-8-21(9-7-20)23-16-25(30-19-29-23)31-24-11-10-22(17-28-24)34-14-12-32(4)13-15-34/h6-11,16-17,19H,12-15,18H2,1-5H3,(H,28,29,30,31). The average Bonchev–Trinajstić information content (AvgIpc) is 2.85. The number of ether oxygens (including phenoxy) is 1. The number of pyridine rings is 1. The minimum absolute atomic E-state index is 0.344. The van der Waals surface area contributed by atoms with Crippen molar-refractivity contribution in [2.75, 3.05) is 50.5 Å². The minimum Gasteiger partial charge on any atom is -0.444 e. The molecule has 1 amide bonds. The molecule has 1 N–H and O–H groups in total. The summed E-state index contributed by atoms with van der Waals surface area (Å²) in [4.78, 5) is 31.8. The molecule has 9 heteroatoms. The third-order valence-electron chi connectivity index (χ3n) is 5.91. The summed E-state index contributed by atoms with van der Waals surface area (Å²) in [7, 11) is 3.88. The van der Waals surface area contributed by atoms with Crippen molar-refractivity contribution in [2.24, 2.45) is 0 Å². The Bertz CT molecular complexity index is 1150. The normalized spacial score (nSPS) is 14.4. The molecule has 3 aromatic rings. The Morgan fingerprint density at radius 3 is 2.36 bits per heavy atom. The van der Waals surface area contributed by atoms with Crippen LogP contribution in [0.2, 0.25) is 0 Å². The monoisotopic (exact) mass is 489 g/mol. The molecule has 1 aromatic carbocycles. The average molecular weight is 490 g/mol. The van der Waals surface area contributed by atoms with Crippen LogP contribution < -0.4 is 10.2 Å². The summed E-state index contributed by atoms with van der Waals surface area (Å²) >= 11 is 0. The number of aromatic nitrogens is 3. The Morgan fingerprint density at radius 2 is 1.72 bits per heavy atom. The summed E-state index contributed by atoms with van der Waals surface area (Å²) < 4.78 is 5.42. The Balaban J connectivity index is 1.37. The number of amides is 1. The first-order valence-electron chi connectivity index (χ1n) is 12.2. The van der Waals surface area contributed by atoms with Gasteiger partial charge in [0, 0.05) is 51.4 Å². The minimum atomic E-state index is -0.518. The highest BCUT2D eigenvalue weighted by atomic mass is 16.6. The van der Waals surface area contributed by atoms with E-state index in [1.807, 2.05) is 63.4 Å². The van der Waals surface area contributed by atoms with Gasteiger partial charge in [0.05, 0.1) is 17.6 Å². The van der Waals surface area contributed by atoms with E-state index < -0.39 is 5.60 Å². The lowest BCUT2D eigenvalue weighted by Gasteiger charge is -2.33. The van der Waals surface area contributed by atoms with Gasteiger partial charge >= 0.3 is 6.09 Å². The highest BCUT2D eigenvalue weighted by Gasteiger charge is 2.19. The zero-order valence-electron chi connectivity index (χ0n) is 21.7. The molecule has 0 aliphatic carbocycles. The molecule has 0 spiro atoms. The van der Waals surface area contributed by atoms with E-state index in [0.717, 1.165) is 54.5 Å². The molecule has 3 heterocycles. The maximum atomic E-state index is 12.2. The fraction of sp³-hybridized carbons (Fsp3) is 0.407. The molecule has 0 radical (unpaired) electrons. The van der Waals surface area contributed by atoms with Crippen LogP contribution in [0.3, 0.4) is 0 Å². The molecule has 0 bridgehead atoms. The fourth-order valence-electron chi connectivity index (χ4n) is 3.89. The van der Waals surface area contributed by atoms with Crippen LogP contribution >= 0.6 is 0 Å².